The second-order valence-corrected chi connectivity index (χ2v) is 9.26. The lowest BCUT2D eigenvalue weighted by molar-refractivity contribution is -0.143. The van der Waals surface area contributed by atoms with Crippen LogP contribution < -0.4 is 21.7 Å². The number of hydrogen-bond donors (Lipinski definition) is 5. The molecule has 0 aromatic heterocycles. The van der Waals surface area contributed by atoms with E-state index in [1.54, 1.807) is 0 Å². The smallest absolute Gasteiger partial charge is 0.326 e. The number of rotatable bonds is 13. The van der Waals surface area contributed by atoms with Gasteiger partial charge in [-0.25, -0.2) is 4.79 Å². The number of hydrogen-bond acceptors (Lipinski definition) is 5. The molecule has 1 aromatic carbocycles. The highest BCUT2D eigenvalue weighted by molar-refractivity contribution is 5.94. The molecule has 1 aromatic rings. The van der Waals surface area contributed by atoms with Gasteiger partial charge in [0.25, 0.3) is 0 Å². The van der Waals surface area contributed by atoms with Crippen LogP contribution in [-0.2, 0) is 25.6 Å². The van der Waals surface area contributed by atoms with Crippen LogP contribution in [0.2, 0.25) is 0 Å². The number of carbonyl (C=O) groups is 4. The maximum atomic E-state index is 13.1. The predicted molar refractivity (Wildman–Crippen MR) is 126 cm³/mol. The fraction of sp³-hybridized carbons (Fsp3) is 0.583. The maximum absolute atomic E-state index is 13.1. The fourth-order valence-electron chi connectivity index (χ4n) is 3.30. The summed E-state index contributed by atoms with van der Waals surface area (Å²) >= 11 is 0. The molecule has 0 fully saturated rings. The first-order valence-corrected chi connectivity index (χ1v) is 11.3. The fourth-order valence-corrected chi connectivity index (χ4v) is 3.30. The Kier molecular flexibility index (Phi) is 11.6. The Morgan fingerprint density at radius 2 is 1.21 bits per heavy atom. The number of carboxylic acids is 1. The van der Waals surface area contributed by atoms with Gasteiger partial charge in [-0.05, 0) is 37.2 Å². The average molecular weight is 463 g/mol. The summed E-state index contributed by atoms with van der Waals surface area (Å²) in [5.41, 5.74) is 6.48. The summed E-state index contributed by atoms with van der Waals surface area (Å²) in [6, 6.07) is 5.41. The molecule has 0 heterocycles. The Bertz CT molecular complexity index is 795. The van der Waals surface area contributed by atoms with Crippen molar-refractivity contribution >= 4 is 23.7 Å². The Labute approximate surface area is 195 Å². The third-order valence-corrected chi connectivity index (χ3v) is 4.99. The second-order valence-electron chi connectivity index (χ2n) is 9.26. The highest BCUT2D eigenvalue weighted by Crippen LogP contribution is 2.10. The van der Waals surface area contributed by atoms with Crippen molar-refractivity contribution in [2.45, 2.75) is 78.0 Å². The monoisotopic (exact) mass is 462 g/mol. The van der Waals surface area contributed by atoms with Gasteiger partial charge >= 0.3 is 5.97 Å². The molecule has 3 amide bonds. The standard InChI is InChI=1S/C24H38N4O5/c1-14(2)11-18(22(30)28-20(24(32)33)12-15(3)4)27-23(31)19(26-21(29)16(5)25)13-17-9-7-6-8-10-17/h6-10,14-16,18-20H,11-13,25H2,1-5H3,(H,26,29)(H,27,31)(H,28,30)(H,32,33)/t16-,18-,19-,20-/m0/s1. The van der Waals surface area contributed by atoms with Crippen LogP contribution in [0.1, 0.15) is 53.0 Å². The topological polar surface area (TPSA) is 151 Å². The van der Waals surface area contributed by atoms with Crippen LogP contribution in [0, 0.1) is 11.8 Å². The second kappa shape index (κ2) is 13.6. The molecule has 0 bridgehead atoms. The Morgan fingerprint density at radius 3 is 1.70 bits per heavy atom. The SMILES string of the molecule is CC(C)C[C@H](NC(=O)[C@H](CC(C)C)NC(=O)[C@H](Cc1ccccc1)NC(=O)[C@H](C)N)C(=O)O. The number of carboxylic acid groups (broad SMARTS) is 1. The van der Waals surface area contributed by atoms with E-state index in [1.165, 1.54) is 6.92 Å². The third-order valence-electron chi connectivity index (χ3n) is 4.99. The van der Waals surface area contributed by atoms with Gasteiger partial charge in [0.1, 0.15) is 18.1 Å². The quantitative estimate of drug-likeness (QED) is 0.297. The van der Waals surface area contributed by atoms with Crippen LogP contribution in [0.15, 0.2) is 30.3 Å². The van der Waals surface area contributed by atoms with Gasteiger partial charge in [0, 0.05) is 6.42 Å². The van der Waals surface area contributed by atoms with Crippen LogP contribution in [0.4, 0.5) is 0 Å². The lowest BCUT2D eigenvalue weighted by atomic mass is 9.99. The highest BCUT2D eigenvalue weighted by atomic mass is 16.4. The van der Waals surface area contributed by atoms with Crippen molar-refractivity contribution in [3.8, 4) is 0 Å². The van der Waals surface area contributed by atoms with Gasteiger partial charge in [0.2, 0.25) is 17.7 Å². The van der Waals surface area contributed by atoms with Crippen LogP contribution >= 0.6 is 0 Å². The molecule has 0 unspecified atom stereocenters. The van der Waals surface area contributed by atoms with Gasteiger partial charge in [0.15, 0.2) is 0 Å². The zero-order valence-electron chi connectivity index (χ0n) is 20.1. The first-order chi connectivity index (χ1) is 15.4. The third kappa shape index (κ3) is 10.5. The minimum Gasteiger partial charge on any atom is -0.480 e. The zero-order chi connectivity index (χ0) is 25.1. The van der Waals surface area contributed by atoms with Gasteiger partial charge < -0.3 is 26.8 Å². The van der Waals surface area contributed by atoms with Crippen molar-refractivity contribution in [3.05, 3.63) is 35.9 Å². The van der Waals surface area contributed by atoms with Crippen molar-refractivity contribution in [1.29, 1.82) is 0 Å². The highest BCUT2D eigenvalue weighted by Gasteiger charge is 2.30. The summed E-state index contributed by atoms with van der Waals surface area (Å²) < 4.78 is 0. The summed E-state index contributed by atoms with van der Waals surface area (Å²) in [4.78, 5) is 49.8. The van der Waals surface area contributed by atoms with Crippen molar-refractivity contribution in [2.75, 3.05) is 0 Å². The minimum absolute atomic E-state index is 0.0562. The van der Waals surface area contributed by atoms with E-state index < -0.39 is 47.9 Å². The summed E-state index contributed by atoms with van der Waals surface area (Å²) in [7, 11) is 0. The number of nitrogens with two attached hydrogens (primary N) is 1. The summed E-state index contributed by atoms with van der Waals surface area (Å²) in [5.74, 6) is -2.60. The van der Waals surface area contributed by atoms with Crippen molar-refractivity contribution < 1.29 is 24.3 Å². The average Bonchev–Trinajstić information content (AvgIpc) is 2.72. The molecular formula is C24H38N4O5. The first kappa shape index (κ1) is 28.1. The molecule has 1 rings (SSSR count). The van der Waals surface area contributed by atoms with Gasteiger partial charge in [-0.2, -0.15) is 0 Å². The lowest BCUT2D eigenvalue weighted by Crippen LogP contribution is -2.57. The van der Waals surface area contributed by atoms with Crippen molar-refractivity contribution in [2.24, 2.45) is 17.6 Å². The predicted octanol–water partition coefficient (Wildman–Crippen LogP) is 1.21. The van der Waals surface area contributed by atoms with Gasteiger partial charge in [-0.1, -0.05) is 58.0 Å². The molecule has 0 aliphatic heterocycles. The molecule has 0 saturated carbocycles. The number of benzene rings is 1. The van der Waals surface area contributed by atoms with E-state index in [1.807, 2.05) is 58.0 Å². The molecular weight excluding hydrogens is 424 g/mol. The molecule has 4 atom stereocenters. The molecule has 0 saturated heterocycles. The van der Waals surface area contributed by atoms with Crippen LogP contribution in [0.3, 0.4) is 0 Å². The van der Waals surface area contributed by atoms with Gasteiger partial charge in [0.05, 0.1) is 6.04 Å². The zero-order valence-corrected chi connectivity index (χ0v) is 20.1. The van der Waals surface area contributed by atoms with E-state index in [4.69, 9.17) is 5.73 Å². The molecule has 33 heavy (non-hydrogen) atoms. The summed E-state index contributed by atoms with van der Waals surface area (Å²) in [5, 5.41) is 17.4. The molecule has 0 aliphatic rings. The lowest BCUT2D eigenvalue weighted by Gasteiger charge is -2.26. The molecule has 0 spiro atoms. The van der Waals surface area contributed by atoms with Crippen molar-refractivity contribution in [3.63, 3.8) is 0 Å². The first-order valence-electron chi connectivity index (χ1n) is 11.3. The Morgan fingerprint density at radius 1 is 0.758 bits per heavy atom. The van der Waals surface area contributed by atoms with Crippen LogP contribution in [-0.4, -0.2) is 53.0 Å². The molecule has 184 valence electrons. The summed E-state index contributed by atoms with van der Waals surface area (Å²) in [6.07, 6.45) is 0.793. The maximum Gasteiger partial charge on any atom is 0.326 e. The number of aliphatic carboxylic acids is 1. The normalized spacial score (nSPS) is 14.8. The van der Waals surface area contributed by atoms with Gasteiger partial charge in [-0.15, -0.1) is 0 Å². The molecule has 6 N–H and O–H groups in total. The Hall–Kier alpha value is -2.94. The van der Waals surface area contributed by atoms with E-state index in [0.717, 1.165) is 5.56 Å². The minimum atomic E-state index is -1.13. The van der Waals surface area contributed by atoms with Crippen molar-refractivity contribution in [1.82, 2.24) is 16.0 Å². The van der Waals surface area contributed by atoms with Crippen LogP contribution in [0.25, 0.3) is 0 Å². The largest absolute Gasteiger partial charge is 0.480 e. The molecule has 0 radical (unpaired) electrons. The van der Waals surface area contributed by atoms with Gasteiger partial charge in [-0.3, -0.25) is 14.4 Å². The van der Waals surface area contributed by atoms with E-state index in [9.17, 15) is 24.3 Å². The number of amides is 3. The number of nitrogens with one attached hydrogen (secondary N) is 3. The molecule has 0 aliphatic carbocycles. The Balaban J connectivity index is 3.05. The summed E-state index contributed by atoms with van der Waals surface area (Å²) in [6.45, 7) is 9.04. The van der Waals surface area contributed by atoms with E-state index in [2.05, 4.69) is 16.0 Å². The molecule has 9 heteroatoms. The molecule has 9 nitrogen and oxygen atoms in total. The van der Waals surface area contributed by atoms with E-state index >= 15 is 0 Å². The number of carbonyl (C=O) groups excluding carboxylic acids is 3. The van der Waals surface area contributed by atoms with E-state index in [-0.39, 0.29) is 24.7 Å². The van der Waals surface area contributed by atoms with E-state index in [0.29, 0.717) is 6.42 Å². The van der Waals surface area contributed by atoms with Crippen LogP contribution in [0.5, 0.6) is 0 Å².